The number of fused-ring (bicyclic) bond motifs is 1. The quantitative estimate of drug-likeness (QED) is 0.909. The fourth-order valence-corrected chi connectivity index (χ4v) is 6.37. The summed E-state index contributed by atoms with van der Waals surface area (Å²) >= 11 is 0. The second kappa shape index (κ2) is 4.31. The normalized spacial score (nSPS) is 44.0. The van der Waals surface area contributed by atoms with Crippen LogP contribution in [0.25, 0.3) is 0 Å². The molecule has 0 saturated heterocycles. The van der Waals surface area contributed by atoms with Crippen molar-refractivity contribution in [3.8, 4) is 0 Å². The van der Waals surface area contributed by atoms with Crippen LogP contribution in [0.15, 0.2) is 0 Å². The van der Waals surface area contributed by atoms with Gasteiger partial charge in [-0.25, -0.2) is 0 Å². The summed E-state index contributed by atoms with van der Waals surface area (Å²) in [6.07, 6.45) is 10.2. The minimum atomic E-state index is 0.358. The monoisotopic (exact) mass is 286 g/mol. The van der Waals surface area contributed by atoms with Gasteiger partial charge in [-0.2, -0.15) is 0 Å². The molecule has 4 saturated carbocycles. The molecule has 1 aromatic rings. The maximum Gasteiger partial charge on any atom is 0.149 e. The molecule has 0 aromatic carbocycles. The van der Waals surface area contributed by atoms with Crippen molar-refractivity contribution in [2.75, 3.05) is 6.54 Å². The Morgan fingerprint density at radius 2 is 1.76 bits per heavy atom. The Kier molecular flexibility index (Phi) is 2.59. The molecular formula is C17H26N4. The van der Waals surface area contributed by atoms with Crippen LogP contribution in [-0.4, -0.2) is 21.3 Å². The number of aromatic nitrogens is 3. The van der Waals surface area contributed by atoms with Crippen molar-refractivity contribution in [2.45, 2.75) is 64.5 Å². The second-order valence-corrected chi connectivity index (χ2v) is 8.40. The van der Waals surface area contributed by atoms with E-state index in [-0.39, 0.29) is 0 Å². The molecule has 0 amide bonds. The maximum absolute atomic E-state index is 4.60. The van der Waals surface area contributed by atoms with Crippen LogP contribution in [-0.2, 0) is 13.0 Å². The lowest BCUT2D eigenvalue weighted by molar-refractivity contribution is -0.0536. The predicted octanol–water partition coefficient (Wildman–Crippen LogP) is 2.70. The molecule has 0 spiro atoms. The predicted molar refractivity (Wildman–Crippen MR) is 80.7 cm³/mol. The zero-order chi connectivity index (χ0) is 14.0. The lowest BCUT2D eigenvalue weighted by Gasteiger charge is -2.56. The molecule has 4 bridgehead atoms. The van der Waals surface area contributed by atoms with Crippen LogP contribution >= 0.6 is 0 Å². The van der Waals surface area contributed by atoms with E-state index in [0.29, 0.717) is 11.5 Å². The number of hydrogen-bond acceptors (Lipinski definition) is 3. The Morgan fingerprint density at radius 1 is 1.10 bits per heavy atom. The minimum Gasteiger partial charge on any atom is -0.312 e. The van der Waals surface area contributed by atoms with Crippen LogP contribution in [0.4, 0.5) is 0 Å². The van der Waals surface area contributed by atoms with Crippen LogP contribution < -0.4 is 5.32 Å². The average Bonchev–Trinajstić information content (AvgIpc) is 2.81. The average molecular weight is 286 g/mol. The van der Waals surface area contributed by atoms with Gasteiger partial charge >= 0.3 is 0 Å². The summed E-state index contributed by atoms with van der Waals surface area (Å²) in [6.45, 7) is 4.31. The highest BCUT2D eigenvalue weighted by Gasteiger charge is 2.51. The molecule has 1 aliphatic heterocycles. The van der Waals surface area contributed by atoms with E-state index in [9.17, 15) is 0 Å². The highest BCUT2D eigenvalue weighted by molar-refractivity contribution is 5.09. The third-order valence-electron chi connectivity index (χ3n) is 6.73. The van der Waals surface area contributed by atoms with E-state index in [1.165, 1.54) is 50.8 Å². The summed E-state index contributed by atoms with van der Waals surface area (Å²) in [6, 6.07) is 0.358. The Hall–Kier alpha value is -0.900. The lowest BCUT2D eigenvalue weighted by atomic mass is 9.49. The van der Waals surface area contributed by atoms with Gasteiger partial charge in [-0.05, 0) is 68.6 Å². The molecular weight excluding hydrogens is 260 g/mol. The topological polar surface area (TPSA) is 42.7 Å². The van der Waals surface area contributed by atoms with Crippen molar-refractivity contribution in [1.82, 2.24) is 20.1 Å². The highest BCUT2D eigenvalue weighted by atomic mass is 15.3. The summed E-state index contributed by atoms with van der Waals surface area (Å²) in [5.74, 6) is 5.52. The summed E-state index contributed by atoms with van der Waals surface area (Å²) in [7, 11) is 0. The first-order valence-electron chi connectivity index (χ1n) is 8.86. The van der Waals surface area contributed by atoms with Gasteiger partial charge in [-0.15, -0.1) is 10.2 Å². The Labute approximate surface area is 126 Å². The molecule has 1 N–H and O–H groups in total. The largest absolute Gasteiger partial charge is 0.312 e. The molecule has 0 radical (unpaired) electrons. The Balaban J connectivity index is 1.45. The van der Waals surface area contributed by atoms with Gasteiger partial charge in [0.05, 0.1) is 6.04 Å². The van der Waals surface area contributed by atoms with E-state index in [2.05, 4.69) is 27.0 Å². The molecule has 2 heterocycles. The molecule has 4 fully saturated rings. The fourth-order valence-electron chi connectivity index (χ4n) is 6.37. The van der Waals surface area contributed by atoms with Crippen LogP contribution in [0.2, 0.25) is 0 Å². The van der Waals surface area contributed by atoms with Crippen LogP contribution in [0.3, 0.4) is 0 Å². The van der Waals surface area contributed by atoms with Crippen molar-refractivity contribution in [3.05, 3.63) is 11.6 Å². The van der Waals surface area contributed by atoms with Gasteiger partial charge in [0.1, 0.15) is 11.6 Å². The highest BCUT2D eigenvalue weighted by Crippen LogP contribution is 2.60. The SMILES string of the molecule is CC1NCCn2c(CC34CC5CC(CC(C5)C3)C4)nnc21. The number of rotatable bonds is 2. The summed E-state index contributed by atoms with van der Waals surface area (Å²) < 4.78 is 2.42. The van der Waals surface area contributed by atoms with Gasteiger partial charge in [0.25, 0.3) is 0 Å². The molecule has 6 rings (SSSR count). The second-order valence-electron chi connectivity index (χ2n) is 8.40. The lowest BCUT2D eigenvalue weighted by Crippen LogP contribution is -2.47. The third kappa shape index (κ3) is 1.91. The molecule has 1 atom stereocenters. The van der Waals surface area contributed by atoms with Gasteiger partial charge in [-0.3, -0.25) is 0 Å². The van der Waals surface area contributed by atoms with Crippen molar-refractivity contribution in [3.63, 3.8) is 0 Å². The van der Waals surface area contributed by atoms with Crippen LogP contribution in [0, 0.1) is 23.2 Å². The zero-order valence-corrected chi connectivity index (χ0v) is 13.0. The Bertz CT molecular complexity index is 526. The fraction of sp³-hybridized carbons (Fsp3) is 0.882. The summed E-state index contributed by atoms with van der Waals surface area (Å²) in [4.78, 5) is 0. The molecule has 4 nitrogen and oxygen atoms in total. The summed E-state index contributed by atoms with van der Waals surface area (Å²) in [5.41, 5.74) is 0.576. The molecule has 114 valence electrons. The van der Waals surface area contributed by atoms with Gasteiger partial charge < -0.3 is 9.88 Å². The first-order valence-corrected chi connectivity index (χ1v) is 8.86. The molecule has 21 heavy (non-hydrogen) atoms. The molecule has 5 aliphatic rings. The number of hydrogen-bond donors (Lipinski definition) is 1. The molecule has 1 aromatic heterocycles. The van der Waals surface area contributed by atoms with Crippen LogP contribution in [0.5, 0.6) is 0 Å². The van der Waals surface area contributed by atoms with Crippen LogP contribution in [0.1, 0.15) is 63.1 Å². The van der Waals surface area contributed by atoms with E-state index < -0.39 is 0 Å². The van der Waals surface area contributed by atoms with E-state index in [1.807, 2.05) is 0 Å². The first kappa shape index (κ1) is 12.6. The standard InChI is InChI=1S/C17H26N4/c1-11-16-20-19-15(21(16)3-2-18-11)10-17-7-12-4-13(8-17)6-14(5-12)9-17/h11-14,18H,2-10H2,1H3. The molecule has 4 aliphatic carbocycles. The number of nitrogens with zero attached hydrogens (tertiary/aromatic N) is 3. The maximum atomic E-state index is 4.60. The third-order valence-corrected chi connectivity index (χ3v) is 6.73. The Morgan fingerprint density at radius 3 is 2.43 bits per heavy atom. The van der Waals surface area contributed by atoms with E-state index in [1.54, 1.807) is 0 Å². The molecule has 4 heteroatoms. The minimum absolute atomic E-state index is 0.358. The van der Waals surface area contributed by atoms with E-state index in [0.717, 1.165) is 36.7 Å². The zero-order valence-electron chi connectivity index (χ0n) is 13.0. The van der Waals surface area contributed by atoms with Gasteiger partial charge in [-0.1, -0.05) is 0 Å². The number of nitrogens with one attached hydrogen (secondary N) is 1. The van der Waals surface area contributed by atoms with Crippen molar-refractivity contribution < 1.29 is 0 Å². The van der Waals surface area contributed by atoms with Crippen molar-refractivity contribution in [1.29, 1.82) is 0 Å². The smallest absolute Gasteiger partial charge is 0.149 e. The van der Waals surface area contributed by atoms with Crippen molar-refractivity contribution in [2.24, 2.45) is 23.2 Å². The summed E-state index contributed by atoms with van der Waals surface area (Å²) in [5, 5.41) is 12.6. The van der Waals surface area contributed by atoms with Gasteiger partial charge in [0.15, 0.2) is 0 Å². The molecule has 1 unspecified atom stereocenters. The van der Waals surface area contributed by atoms with Crippen molar-refractivity contribution >= 4 is 0 Å². The van der Waals surface area contributed by atoms with E-state index >= 15 is 0 Å². The first-order chi connectivity index (χ1) is 10.2. The van der Waals surface area contributed by atoms with E-state index in [4.69, 9.17) is 0 Å². The van der Waals surface area contributed by atoms with Gasteiger partial charge in [0, 0.05) is 19.5 Å². The van der Waals surface area contributed by atoms with Gasteiger partial charge in [0.2, 0.25) is 0 Å².